The molecule has 3 heterocycles. The fraction of sp³-hybridized carbons (Fsp3) is 0.450. The van der Waals surface area contributed by atoms with Crippen LogP contribution in [0, 0.1) is 13.8 Å². The maximum Gasteiger partial charge on any atom is 0.232 e. The van der Waals surface area contributed by atoms with Crippen LogP contribution in [0.5, 0.6) is 0 Å². The monoisotopic (exact) mass is 401 g/mol. The molecule has 1 aromatic carbocycles. The predicted molar refractivity (Wildman–Crippen MR) is 110 cm³/mol. The second kappa shape index (κ2) is 8.02. The summed E-state index contributed by atoms with van der Waals surface area (Å²) in [5.41, 5.74) is 3.12. The Balaban J connectivity index is 1.27. The van der Waals surface area contributed by atoms with Crippen LogP contribution in [0.2, 0.25) is 0 Å². The number of nitrogens with zero attached hydrogens (tertiary/aromatic N) is 3. The Hall–Kier alpha value is -1.86. The summed E-state index contributed by atoms with van der Waals surface area (Å²) in [6.45, 7) is 5.52. The van der Waals surface area contributed by atoms with Crippen LogP contribution in [-0.2, 0) is 10.5 Å². The molecule has 5 nitrogen and oxygen atoms in total. The minimum atomic E-state index is 0.231. The molecule has 0 radical (unpaired) electrons. The number of thiazole rings is 1. The molecule has 27 heavy (non-hydrogen) atoms. The van der Waals surface area contributed by atoms with Crippen molar-refractivity contribution in [2.45, 2.75) is 38.4 Å². The number of carbonyl (C=O) groups is 1. The highest BCUT2D eigenvalue weighted by Crippen LogP contribution is 2.34. The highest BCUT2D eigenvalue weighted by Gasteiger charge is 2.26. The van der Waals surface area contributed by atoms with Gasteiger partial charge in [0.25, 0.3) is 0 Å². The molecule has 2 aromatic heterocycles. The first kappa shape index (κ1) is 18.5. The molecule has 1 amide bonds. The Bertz CT molecular complexity index is 889. The molecule has 1 aliphatic heterocycles. The highest BCUT2D eigenvalue weighted by atomic mass is 32.2. The van der Waals surface area contributed by atoms with Crippen molar-refractivity contribution >= 4 is 39.2 Å². The van der Waals surface area contributed by atoms with Crippen molar-refractivity contribution in [1.82, 2.24) is 15.0 Å². The average molecular weight is 402 g/mol. The molecule has 0 saturated carbocycles. The largest absolute Gasteiger partial charge is 0.361 e. The third-order valence-electron chi connectivity index (χ3n) is 5.16. The molecule has 0 spiro atoms. The van der Waals surface area contributed by atoms with E-state index in [2.05, 4.69) is 23.4 Å². The van der Waals surface area contributed by atoms with Gasteiger partial charge in [-0.3, -0.25) is 4.79 Å². The first-order chi connectivity index (χ1) is 13.1. The third kappa shape index (κ3) is 4.04. The van der Waals surface area contributed by atoms with Crippen LogP contribution < -0.4 is 0 Å². The van der Waals surface area contributed by atoms with E-state index in [1.54, 1.807) is 23.1 Å². The van der Waals surface area contributed by atoms with E-state index < -0.39 is 0 Å². The fourth-order valence-corrected chi connectivity index (χ4v) is 5.69. The van der Waals surface area contributed by atoms with Crippen LogP contribution in [0.1, 0.15) is 40.8 Å². The number of piperidine rings is 1. The van der Waals surface area contributed by atoms with E-state index in [1.165, 1.54) is 9.71 Å². The maximum atomic E-state index is 12.5. The minimum absolute atomic E-state index is 0.231. The summed E-state index contributed by atoms with van der Waals surface area (Å²) in [7, 11) is 0. The summed E-state index contributed by atoms with van der Waals surface area (Å²) in [6, 6.07) is 8.30. The first-order valence-corrected chi connectivity index (χ1v) is 11.2. The zero-order valence-electron chi connectivity index (χ0n) is 15.6. The molecule has 4 rings (SSSR count). The smallest absolute Gasteiger partial charge is 0.232 e. The van der Waals surface area contributed by atoms with Gasteiger partial charge < -0.3 is 9.42 Å². The Labute approximate surface area is 167 Å². The minimum Gasteiger partial charge on any atom is -0.361 e. The molecule has 142 valence electrons. The zero-order valence-corrected chi connectivity index (χ0v) is 17.2. The number of fused-ring (bicyclic) bond motifs is 1. The number of benzene rings is 1. The molecule has 1 fully saturated rings. The van der Waals surface area contributed by atoms with E-state index in [0.29, 0.717) is 11.7 Å². The van der Waals surface area contributed by atoms with E-state index in [1.807, 2.05) is 24.8 Å². The SMILES string of the molecule is Cc1noc(C)c1CSCC(=O)N1CCC(c2nc3ccccc3s2)CC1. The molecule has 0 bridgehead atoms. The number of rotatable bonds is 5. The average Bonchev–Trinajstić information content (AvgIpc) is 3.26. The van der Waals surface area contributed by atoms with E-state index in [0.717, 1.165) is 54.2 Å². The number of carbonyl (C=O) groups excluding carboxylic acids is 1. The number of likely N-dealkylation sites (tertiary alicyclic amines) is 1. The molecule has 1 aliphatic rings. The van der Waals surface area contributed by atoms with Crippen molar-refractivity contribution in [3.05, 3.63) is 46.3 Å². The van der Waals surface area contributed by atoms with Gasteiger partial charge in [0, 0.05) is 30.3 Å². The molecule has 0 N–H and O–H groups in total. The summed E-state index contributed by atoms with van der Waals surface area (Å²) in [5.74, 6) is 2.84. The number of thioether (sulfide) groups is 1. The maximum absolute atomic E-state index is 12.5. The normalized spacial score (nSPS) is 15.6. The molecule has 1 saturated heterocycles. The van der Waals surface area contributed by atoms with E-state index >= 15 is 0 Å². The summed E-state index contributed by atoms with van der Waals surface area (Å²) < 4.78 is 6.43. The van der Waals surface area contributed by atoms with Gasteiger partial charge in [0.15, 0.2) is 0 Å². The number of hydrogen-bond donors (Lipinski definition) is 0. The number of aryl methyl sites for hydroxylation is 2. The van der Waals surface area contributed by atoms with Gasteiger partial charge in [-0.25, -0.2) is 4.98 Å². The lowest BCUT2D eigenvalue weighted by Gasteiger charge is -2.31. The van der Waals surface area contributed by atoms with Gasteiger partial charge in [-0.05, 0) is 38.8 Å². The van der Waals surface area contributed by atoms with Crippen LogP contribution >= 0.6 is 23.1 Å². The lowest BCUT2D eigenvalue weighted by atomic mass is 9.97. The molecular weight excluding hydrogens is 378 g/mol. The van der Waals surface area contributed by atoms with Gasteiger partial charge >= 0.3 is 0 Å². The van der Waals surface area contributed by atoms with Gasteiger partial charge in [-0.15, -0.1) is 23.1 Å². The van der Waals surface area contributed by atoms with Crippen molar-refractivity contribution < 1.29 is 9.32 Å². The number of amides is 1. The Kier molecular flexibility index (Phi) is 5.50. The van der Waals surface area contributed by atoms with Gasteiger partial charge in [-0.1, -0.05) is 17.3 Å². The summed E-state index contributed by atoms with van der Waals surface area (Å²) in [4.78, 5) is 19.3. The van der Waals surface area contributed by atoms with Crippen LogP contribution in [0.4, 0.5) is 0 Å². The second-order valence-corrected chi connectivity index (χ2v) is 9.02. The molecule has 0 atom stereocenters. The van der Waals surface area contributed by atoms with Crippen LogP contribution in [0.15, 0.2) is 28.8 Å². The first-order valence-electron chi connectivity index (χ1n) is 9.24. The van der Waals surface area contributed by atoms with Crippen molar-refractivity contribution in [1.29, 1.82) is 0 Å². The number of aromatic nitrogens is 2. The third-order valence-corrected chi connectivity index (χ3v) is 7.30. The van der Waals surface area contributed by atoms with Crippen molar-refractivity contribution in [3.63, 3.8) is 0 Å². The summed E-state index contributed by atoms with van der Waals surface area (Å²) >= 11 is 3.43. The highest BCUT2D eigenvalue weighted by molar-refractivity contribution is 7.99. The van der Waals surface area contributed by atoms with Crippen LogP contribution in [0.3, 0.4) is 0 Å². The lowest BCUT2D eigenvalue weighted by Crippen LogP contribution is -2.38. The van der Waals surface area contributed by atoms with Crippen molar-refractivity contribution in [2.24, 2.45) is 0 Å². The predicted octanol–water partition coefficient (Wildman–Crippen LogP) is 4.54. The topological polar surface area (TPSA) is 59.2 Å². The van der Waals surface area contributed by atoms with Gasteiger partial charge in [0.1, 0.15) is 5.76 Å². The van der Waals surface area contributed by atoms with Gasteiger partial charge in [0.05, 0.1) is 26.7 Å². The van der Waals surface area contributed by atoms with Gasteiger partial charge in [0.2, 0.25) is 5.91 Å². The van der Waals surface area contributed by atoms with E-state index in [9.17, 15) is 4.79 Å². The lowest BCUT2D eigenvalue weighted by molar-refractivity contribution is -0.129. The van der Waals surface area contributed by atoms with Crippen molar-refractivity contribution in [2.75, 3.05) is 18.8 Å². The summed E-state index contributed by atoms with van der Waals surface area (Å²) in [5, 5.41) is 5.19. The molecule has 7 heteroatoms. The standard InChI is InChI=1S/C20H23N3O2S2/c1-13-16(14(2)25-22-13)11-26-12-19(24)23-9-7-15(8-10-23)20-21-17-5-3-4-6-18(17)27-20/h3-6,15H,7-12H2,1-2H3. The van der Waals surface area contributed by atoms with E-state index in [4.69, 9.17) is 9.51 Å². The molecule has 0 aliphatic carbocycles. The zero-order chi connectivity index (χ0) is 18.8. The summed E-state index contributed by atoms with van der Waals surface area (Å²) in [6.07, 6.45) is 2.00. The molecular formula is C20H23N3O2S2. The van der Waals surface area contributed by atoms with Crippen LogP contribution in [0.25, 0.3) is 10.2 Å². The molecule has 3 aromatic rings. The van der Waals surface area contributed by atoms with Crippen molar-refractivity contribution in [3.8, 4) is 0 Å². The second-order valence-electron chi connectivity index (χ2n) is 6.97. The van der Waals surface area contributed by atoms with Crippen LogP contribution in [-0.4, -0.2) is 39.8 Å². The van der Waals surface area contributed by atoms with E-state index in [-0.39, 0.29) is 5.91 Å². The molecule has 0 unspecified atom stereocenters. The number of para-hydroxylation sites is 1. The van der Waals surface area contributed by atoms with Gasteiger partial charge in [-0.2, -0.15) is 0 Å². The fourth-order valence-electron chi connectivity index (χ4n) is 3.48. The Morgan fingerprint density at radius 1 is 1.30 bits per heavy atom. The Morgan fingerprint density at radius 2 is 2.07 bits per heavy atom. The quantitative estimate of drug-likeness (QED) is 0.628. The Morgan fingerprint density at radius 3 is 2.78 bits per heavy atom. The number of hydrogen-bond acceptors (Lipinski definition) is 6.